The lowest BCUT2D eigenvalue weighted by Gasteiger charge is -2.28. The van der Waals surface area contributed by atoms with Gasteiger partial charge in [-0.3, -0.25) is 9.59 Å². The first-order valence-corrected chi connectivity index (χ1v) is 7.27. The highest BCUT2D eigenvalue weighted by Gasteiger charge is 2.37. The van der Waals surface area contributed by atoms with Crippen molar-refractivity contribution in [2.45, 2.75) is 53.9 Å². The van der Waals surface area contributed by atoms with Crippen LogP contribution in [0.3, 0.4) is 0 Å². The van der Waals surface area contributed by atoms with Crippen molar-refractivity contribution in [3.63, 3.8) is 0 Å². The molecule has 0 aliphatic carbocycles. The highest BCUT2D eigenvalue weighted by atomic mass is 16.2. The van der Waals surface area contributed by atoms with Crippen LogP contribution in [0.15, 0.2) is 0 Å². The molecule has 0 aliphatic heterocycles. The Morgan fingerprint density at radius 1 is 1.26 bits per heavy atom. The Morgan fingerprint density at radius 3 is 2.32 bits per heavy atom. The maximum absolute atomic E-state index is 12.3. The lowest BCUT2D eigenvalue weighted by Crippen LogP contribution is -2.48. The van der Waals surface area contributed by atoms with Gasteiger partial charge >= 0.3 is 0 Å². The fraction of sp³-hybridized carbons (Fsp3) is 0.867. The number of hydrogen-bond donors (Lipinski definition) is 1. The van der Waals surface area contributed by atoms with Gasteiger partial charge in [-0.05, 0) is 32.6 Å². The van der Waals surface area contributed by atoms with Crippen molar-refractivity contribution >= 4 is 11.8 Å². The quantitative estimate of drug-likeness (QED) is 0.689. The van der Waals surface area contributed by atoms with E-state index in [1.807, 2.05) is 0 Å². The van der Waals surface area contributed by atoms with Crippen LogP contribution in [-0.2, 0) is 9.59 Å². The van der Waals surface area contributed by atoms with Crippen LogP contribution in [0.2, 0.25) is 0 Å². The van der Waals surface area contributed by atoms with Crippen LogP contribution < -0.4 is 5.32 Å². The smallest absolute Gasteiger partial charge is 0.237 e. The van der Waals surface area contributed by atoms with Gasteiger partial charge in [0, 0.05) is 20.1 Å². The average Bonchev–Trinajstić information content (AvgIpc) is 2.34. The summed E-state index contributed by atoms with van der Waals surface area (Å²) in [6.45, 7) is 11.0. The maximum atomic E-state index is 12.3. The molecule has 0 rings (SSSR count). The molecule has 0 radical (unpaired) electrons. The third-order valence-corrected chi connectivity index (χ3v) is 3.30. The first kappa shape index (κ1) is 17.9. The van der Waals surface area contributed by atoms with Crippen LogP contribution in [0.5, 0.6) is 0 Å². The second-order valence-corrected chi connectivity index (χ2v) is 6.14. The molecule has 0 aliphatic rings. The first-order chi connectivity index (χ1) is 8.73. The van der Waals surface area contributed by atoms with Crippen LogP contribution in [0.4, 0.5) is 0 Å². The molecule has 0 bridgehead atoms. The molecule has 0 unspecified atom stereocenters. The summed E-state index contributed by atoms with van der Waals surface area (Å²) in [5.41, 5.74) is -0.987. The predicted molar refractivity (Wildman–Crippen MR) is 78.8 cm³/mol. The zero-order valence-corrected chi connectivity index (χ0v) is 13.4. The Morgan fingerprint density at radius 2 is 1.84 bits per heavy atom. The molecule has 112 valence electrons. The molecule has 0 aromatic carbocycles. The third-order valence-electron chi connectivity index (χ3n) is 3.30. The third kappa shape index (κ3) is 6.08. The van der Waals surface area contributed by atoms with E-state index in [1.165, 1.54) is 0 Å². The Bertz CT molecular complexity index is 299. The van der Waals surface area contributed by atoms with E-state index in [0.29, 0.717) is 19.0 Å². The number of unbranched alkanes of at least 4 members (excludes halogenated alkanes) is 1. The van der Waals surface area contributed by atoms with Crippen LogP contribution in [0.25, 0.3) is 0 Å². The Kier molecular flexibility index (Phi) is 7.72. The van der Waals surface area contributed by atoms with Crippen LogP contribution in [-0.4, -0.2) is 36.9 Å². The molecule has 1 N–H and O–H groups in total. The number of amides is 2. The summed E-state index contributed by atoms with van der Waals surface area (Å²) in [5, 5.41) is 2.86. The summed E-state index contributed by atoms with van der Waals surface area (Å²) < 4.78 is 0. The van der Waals surface area contributed by atoms with Gasteiger partial charge in [-0.1, -0.05) is 27.2 Å². The maximum Gasteiger partial charge on any atom is 0.237 e. The minimum atomic E-state index is -0.987. The highest BCUT2D eigenvalue weighted by Crippen LogP contribution is 2.19. The normalized spacial score (nSPS) is 11.5. The van der Waals surface area contributed by atoms with Crippen molar-refractivity contribution in [2.75, 3.05) is 20.1 Å². The molecular formula is C15H30N2O2. The van der Waals surface area contributed by atoms with Crippen molar-refractivity contribution in [1.29, 1.82) is 0 Å². The summed E-state index contributed by atoms with van der Waals surface area (Å²) in [7, 11) is 1.77. The summed E-state index contributed by atoms with van der Waals surface area (Å²) in [4.78, 5) is 26.0. The molecule has 0 heterocycles. The molecule has 0 aromatic rings. The fourth-order valence-corrected chi connectivity index (χ4v) is 1.77. The van der Waals surface area contributed by atoms with Gasteiger partial charge in [0.05, 0.1) is 0 Å². The number of hydrogen-bond acceptors (Lipinski definition) is 2. The Hall–Kier alpha value is -1.06. The van der Waals surface area contributed by atoms with E-state index in [0.717, 1.165) is 19.3 Å². The van der Waals surface area contributed by atoms with Gasteiger partial charge in [-0.15, -0.1) is 0 Å². The fourth-order valence-electron chi connectivity index (χ4n) is 1.77. The molecular weight excluding hydrogens is 240 g/mol. The van der Waals surface area contributed by atoms with Crippen molar-refractivity contribution in [2.24, 2.45) is 11.3 Å². The van der Waals surface area contributed by atoms with Gasteiger partial charge in [0.25, 0.3) is 0 Å². The van der Waals surface area contributed by atoms with E-state index < -0.39 is 5.41 Å². The number of carbonyl (C=O) groups is 2. The number of carbonyl (C=O) groups excluding carboxylic acids is 2. The molecule has 4 nitrogen and oxygen atoms in total. The van der Waals surface area contributed by atoms with E-state index >= 15 is 0 Å². The van der Waals surface area contributed by atoms with Crippen molar-refractivity contribution in [3.8, 4) is 0 Å². The van der Waals surface area contributed by atoms with E-state index in [2.05, 4.69) is 26.1 Å². The van der Waals surface area contributed by atoms with Crippen LogP contribution >= 0.6 is 0 Å². The Labute approximate surface area is 117 Å². The van der Waals surface area contributed by atoms with Crippen LogP contribution in [0.1, 0.15) is 53.9 Å². The van der Waals surface area contributed by atoms with Crippen LogP contribution in [0, 0.1) is 11.3 Å². The van der Waals surface area contributed by atoms with Crippen molar-refractivity contribution in [1.82, 2.24) is 10.2 Å². The van der Waals surface area contributed by atoms with Crippen molar-refractivity contribution < 1.29 is 9.59 Å². The van der Waals surface area contributed by atoms with Gasteiger partial charge in [0.15, 0.2) is 0 Å². The lowest BCUT2D eigenvalue weighted by molar-refractivity contribution is -0.147. The Balaban J connectivity index is 4.40. The van der Waals surface area contributed by atoms with Crippen molar-refractivity contribution in [3.05, 3.63) is 0 Å². The summed E-state index contributed by atoms with van der Waals surface area (Å²) in [5.74, 6) is 0.260. The molecule has 4 heteroatoms. The van der Waals surface area contributed by atoms with Gasteiger partial charge in [-0.25, -0.2) is 0 Å². The molecule has 0 fully saturated rings. The molecule has 0 saturated heterocycles. The second kappa shape index (κ2) is 8.18. The second-order valence-electron chi connectivity index (χ2n) is 6.14. The van der Waals surface area contributed by atoms with Gasteiger partial charge in [-0.2, -0.15) is 0 Å². The topological polar surface area (TPSA) is 49.4 Å². The SMILES string of the molecule is CCCCN(C)C(=O)C(C)(C)C(=O)NCCC(C)C. The molecule has 0 saturated carbocycles. The molecule has 0 atom stereocenters. The molecule has 0 spiro atoms. The highest BCUT2D eigenvalue weighted by molar-refractivity contribution is 6.04. The van der Waals surface area contributed by atoms with E-state index in [9.17, 15) is 9.59 Å². The molecule has 2 amide bonds. The van der Waals surface area contributed by atoms with E-state index in [4.69, 9.17) is 0 Å². The molecule has 19 heavy (non-hydrogen) atoms. The zero-order chi connectivity index (χ0) is 15.1. The average molecular weight is 270 g/mol. The minimum absolute atomic E-state index is 0.108. The summed E-state index contributed by atoms with van der Waals surface area (Å²) in [6, 6.07) is 0. The van der Waals surface area contributed by atoms with Gasteiger partial charge in [0.2, 0.25) is 11.8 Å². The van der Waals surface area contributed by atoms with Gasteiger partial charge in [0.1, 0.15) is 5.41 Å². The molecule has 0 aromatic heterocycles. The lowest BCUT2D eigenvalue weighted by atomic mass is 9.90. The van der Waals surface area contributed by atoms with E-state index in [1.54, 1.807) is 25.8 Å². The number of rotatable bonds is 8. The summed E-state index contributed by atoms with van der Waals surface area (Å²) >= 11 is 0. The largest absolute Gasteiger partial charge is 0.355 e. The predicted octanol–water partition coefficient (Wildman–Crippen LogP) is 2.43. The van der Waals surface area contributed by atoms with E-state index in [-0.39, 0.29) is 11.8 Å². The monoisotopic (exact) mass is 270 g/mol. The zero-order valence-electron chi connectivity index (χ0n) is 13.4. The van der Waals surface area contributed by atoms with Gasteiger partial charge < -0.3 is 10.2 Å². The standard InChI is InChI=1S/C15H30N2O2/c1-7-8-11-17(6)14(19)15(4,5)13(18)16-10-9-12(2)3/h12H,7-11H2,1-6H3,(H,16,18). The first-order valence-electron chi connectivity index (χ1n) is 7.27. The minimum Gasteiger partial charge on any atom is -0.355 e. The summed E-state index contributed by atoms with van der Waals surface area (Å²) in [6.07, 6.45) is 2.94. The number of nitrogens with zero attached hydrogens (tertiary/aromatic N) is 1. The number of nitrogens with one attached hydrogen (secondary N) is 1.